The molecule has 0 radical (unpaired) electrons. The number of benzene rings is 2. The molecule has 2 unspecified atom stereocenters. The number of hydrogen-bond donors (Lipinski definition) is 3. The third kappa shape index (κ3) is 4.93. The Morgan fingerprint density at radius 2 is 1.62 bits per heavy atom. The van der Waals surface area contributed by atoms with Crippen molar-refractivity contribution in [3.05, 3.63) is 59.7 Å². The number of carbonyl (C=O) groups is 3. The fraction of sp³-hybridized carbons (Fsp3) is 0.400. The van der Waals surface area contributed by atoms with Crippen molar-refractivity contribution >= 4 is 18.0 Å². The minimum absolute atomic E-state index is 0.0140. The molecule has 7 nitrogen and oxygen atoms in total. The Hall–Kier alpha value is -3.35. The molecule has 3 N–H and O–H groups in total. The van der Waals surface area contributed by atoms with Crippen molar-refractivity contribution in [1.29, 1.82) is 0 Å². The number of carboxylic acid groups (broad SMARTS) is 1. The van der Waals surface area contributed by atoms with E-state index in [-0.39, 0.29) is 19.1 Å². The average molecular weight is 439 g/mol. The summed E-state index contributed by atoms with van der Waals surface area (Å²) in [7, 11) is 0. The van der Waals surface area contributed by atoms with Gasteiger partial charge in [-0.15, -0.1) is 0 Å². The lowest BCUT2D eigenvalue weighted by Crippen LogP contribution is -2.57. The lowest BCUT2D eigenvalue weighted by atomic mass is 9.95. The molecule has 0 fully saturated rings. The lowest BCUT2D eigenvalue weighted by Gasteiger charge is -2.29. The summed E-state index contributed by atoms with van der Waals surface area (Å²) in [5.41, 5.74) is 3.30. The molecule has 7 heteroatoms. The van der Waals surface area contributed by atoms with Crippen LogP contribution in [0.15, 0.2) is 48.5 Å². The topological polar surface area (TPSA) is 105 Å². The van der Waals surface area contributed by atoms with E-state index in [2.05, 4.69) is 22.8 Å². The van der Waals surface area contributed by atoms with Gasteiger partial charge in [-0.05, 0) is 35.6 Å². The zero-order chi connectivity index (χ0) is 23.3. The van der Waals surface area contributed by atoms with Crippen LogP contribution in [-0.4, -0.2) is 41.8 Å². The third-order valence-corrected chi connectivity index (χ3v) is 5.96. The van der Waals surface area contributed by atoms with Crippen LogP contribution in [0, 0.1) is 5.92 Å². The van der Waals surface area contributed by atoms with Crippen molar-refractivity contribution < 1.29 is 24.2 Å². The molecule has 0 saturated heterocycles. The van der Waals surface area contributed by atoms with Gasteiger partial charge in [-0.3, -0.25) is 9.59 Å². The largest absolute Gasteiger partial charge is 0.481 e. The number of carbonyl (C=O) groups excluding carboxylic acids is 2. The molecule has 0 spiro atoms. The molecule has 1 aliphatic carbocycles. The van der Waals surface area contributed by atoms with Gasteiger partial charge in [0.25, 0.3) is 0 Å². The van der Waals surface area contributed by atoms with Gasteiger partial charge in [0.2, 0.25) is 5.91 Å². The van der Waals surface area contributed by atoms with Gasteiger partial charge in [0, 0.05) is 12.5 Å². The average Bonchev–Trinajstić information content (AvgIpc) is 3.09. The molecule has 170 valence electrons. The highest BCUT2D eigenvalue weighted by Crippen LogP contribution is 2.44. The number of ether oxygens (including phenoxy) is 1. The lowest BCUT2D eigenvalue weighted by molar-refractivity contribution is -0.141. The molecule has 0 bridgehead atoms. The van der Waals surface area contributed by atoms with Gasteiger partial charge < -0.3 is 20.5 Å². The van der Waals surface area contributed by atoms with E-state index in [1.165, 1.54) is 6.92 Å². The minimum Gasteiger partial charge on any atom is -0.481 e. The van der Waals surface area contributed by atoms with Crippen LogP contribution in [0.3, 0.4) is 0 Å². The summed E-state index contributed by atoms with van der Waals surface area (Å²) in [5.74, 6) is -2.22. The van der Waals surface area contributed by atoms with Crippen LogP contribution in [0.5, 0.6) is 0 Å². The fourth-order valence-electron chi connectivity index (χ4n) is 4.12. The van der Waals surface area contributed by atoms with Crippen LogP contribution in [-0.2, 0) is 14.3 Å². The smallest absolute Gasteiger partial charge is 0.408 e. The standard InChI is InChI=1S/C25H30N2O5/c1-4-13-25(3,23(30)26-14-16(2)22(28)29)27-24(31)32-15-21-19-11-7-5-9-17(19)18-10-6-8-12-20(18)21/h5-12,16,21H,4,13-15H2,1-3H3,(H,26,30)(H,27,31)(H,28,29). The van der Waals surface area contributed by atoms with Crippen molar-refractivity contribution in [2.24, 2.45) is 5.92 Å². The van der Waals surface area contributed by atoms with Crippen molar-refractivity contribution in [2.45, 2.75) is 45.1 Å². The fourth-order valence-corrected chi connectivity index (χ4v) is 4.12. The second kappa shape index (κ2) is 9.85. The number of aliphatic carboxylic acids is 1. The highest BCUT2D eigenvalue weighted by molar-refractivity contribution is 5.90. The first-order valence-electron chi connectivity index (χ1n) is 10.9. The van der Waals surface area contributed by atoms with Crippen LogP contribution in [0.25, 0.3) is 11.1 Å². The third-order valence-electron chi connectivity index (χ3n) is 5.96. The molecular formula is C25H30N2O5. The molecule has 2 amide bonds. The Kier molecular flexibility index (Phi) is 7.18. The Bertz CT molecular complexity index is 960. The number of alkyl carbamates (subject to hydrolysis) is 1. The van der Waals surface area contributed by atoms with E-state index in [1.54, 1.807) is 6.92 Å². The number of rotatable bonds is 9. The highest BCUT2D eigenvalue weighted by Gasteiger charge is 2.36. The first-order valence-corrected chi connectivity index (χ1v) is 10.9. The van der Waals surface area contributed by atoms with Gasteiger partial charge in [0.1, 0.15) is 12.1 Å². The molecule has 3 rings (SSSR count). The zero-order valence-electron chi connectivity index (χ0n) is 18.7. The number of fused-ring (bicyclic) bond motifs is 3. The Morgan fingerprint density at radius 1 is 1.06 bits per heavy atom. The van der Waals surface area contributed by atoms with Gasteiger partial charge in [-0.1, -0.05) is 68.8 Å². The van der Waals surface area contributed by atoms with E-state index in [0.717, 1.165) is 22.3 Å². The van der Waals surface area contributed by atoms with E-state index < -0.39 is 29.4 Å². The SMILES string of the molecule is CCCC(C)(NC(=O)OCC1c2ccccc2-c2ccccc21)C(=O)NCC(C)C(=O)O. The summed E-state index contributed by atoms with van der Waals surface area (Å²) in [6, 6.07) is 16.1. The molecule has 0 aliphatic heterocycles. The highest BCUT2D eigenvalue weighted by atomic mass is 16.5. The van der Waals surface area contributed by atoms with Gasteiger partial charge in [0.15, 0.2) is 0 Å². The summed E-state index contributed by atoms with van der Waals surface area (Å²) >= 11 is 0. The molecule has 0 heterocycles. The minimum atomic E-state index is -1.20. The summed E-state index contributed by atoms with van der Waals surface area (Å²) in [6.45, 7) is 5.18. The predicted octanol–water partition coefficient (Wildman–Crippen LogP) is 3.92. The quantitative estimate of drug-likeness (QED) is 0.550. The van der Waals surface area contributed by atoms with Crippen LogP contribution in [0.2, 0.25) is 0 Å². The maximum atomic E-state index is 12.7. The van der Waals surface area contributed by atoms with Crippen molar-refractivity contribution in [3.63, 3.8) is 0 Å². The van der Waals surface area contributed by atoms with Crippen molar-refractivity contribution in [2.75, 3.05) is 13.2 Å². The van der Waals surface area contributed by atoms with Gasteiger partial charge in [-0.2, -0.15) is 0 Å². The number of amides is 2. The molecule has 2 atom stereocenters. The number of hydrogen-bond acceptors (Lipinski definition) is 4. The molecule has 32 heavy (non-hydrogen) atoms. The Labute approximate surface area is 188 Å². The van der Waals surface area contributed by atoms with Crippen LogP contribution in [0.4, 0.5) is 4.79 Å². The van der Waals surface area contributed by atoms with Crippen LogP contribution < -0.4 is 10.6 Å². The Balaban J connectivity index is 1.66. The zero-order valence-corrected chi connectivity index (χ0v) is 18.7. The molecule has 1 aliphatic rings. The van der Waals surface area contributed by atoms with E-state index >= 15 is 0 Å². The number of carboxylic acids is 1. The summed E-state index contributed by atoms with van der Waals surface area (Å²) < 4.78 is 5.57. The van der Waals surface area contributed by atoms with Gasteiger partial charge in [0.05, 0.1) is 5.92 Å². The van der Waals surface area contributed by atoms with E-state index in [1.807, 2.05) is 43.3 Å². The van der Waals surface area contributed by atoms with E-state index in [4.69, 9.17) is 9.84 Å². The molecule has 2 aromatic rings. The molecule has 0 saturated carbocycles. The van der Waals surface area contributed by atoms with Gasteiger partial charge in [-0.25, -0.2) is 4.79 Å². The maximum Gasteiger partial charge on any atom is 0.408 e. The van der Waals surface area contributed by atoms with Crippen molar-refractivity contribution in [1.82, 2.24) is 10.6 Å². The summed E-state index contributed by atoms with van der Waals surface area (Å²) in [4.78, 5) is 36.4. The molecular weight excluding hydrogens is 408 g/mol. The maximum absolute atomic E-state index is 12.7. The van der Waals surface area contributed by atoms with E-state index in [9.17, 15) is 14.4 Å². The first-order chi connectivity index (χ1) is 15.3. The summed E-state index contributed by atoms with van der Waals surface area (Å²) in [6.07, 6.45) is 0.372. The second-order valence-corrected chi connectivity index (χ2v) is 8.48. The predicted molar refractivity (Wildman–Crippen MR) is 121 cm³/mol. The van der Waals surface area contributed by atoms with Crippen molar-refractivity contribution in [3.8, 4) is 11.1 Å². The van der Waals surface area contributed by atoms with Gasteiger partial charge >= 0.3 is 12.1 Å². The first kappa shape index (κ1) is 23.3. The second-order valence-electron chi connectivity index (χ2n) is 8.48. The monoisotopic (exact) mass is 438 g/mol. The summed E-state index contributed by atoms with van der Waals surface area (Å²) in [5, 5.41) is 14.3. The molecule has 0 aromatic heterocycles. The number of nitrogens with one attached hydrogen (secondary N) is 2. The normalized spacial score (nSPS) is 15.1. The Morgan fingerprint density at radius 3 is 2.16 bits per heavy atom. The van der Waals surface area contributed by atoms with Crippen LogP contribution in [0.1, 0.15) is 50.7 Å². The van der Waals surface area contributed by atoms with Crippen LogP contribution >= 0.6 is 0 Å². The van der Waals surface area contributed by atoms with E-state index in [0.29, 0.717) is 12.8 Å². The molecule has 2 aromatic carbocycles.